The van der Waals surface area contributed by atoms with Crippen molar-refractivity contribution in [2.75, 3.05) is 5.32 Å². The number of carbonyl (C=O) groups is 2. The maximum Gasteiger partial charge on any atom is 0.355 e. The normalized spacial score (nSPS) is 11.9. The third kappa shape index (κ3) is 3.38. The summed E-state index contributed by atoms with van der Waals surface area (Å²) in [6.45, 7) is 3.75. The Kier molecular flexibility index (Phi) is 4.23. The maximum atomic E-state index is 11.4. The second-order valence-electron chi connectivity index (χ2n) is 4.66. The molecule has 0 bridgehead atoms. The number of anilines is 1. The number of aryl methyl sites for hydroxylation is 1. The topological polar surface area (TPSA) is 105 Å². The summed E-state index contributed by atoms with van der Waals surface area (Å²) in [7, 11) is 0. The van der Waals surface area contributed by atoms with Crippen LogP contribution in [0, 0.1) is 6.92 Å². The molecule has 21 heavy (non-hydrogen) atoms. The zero-order valence-corrected chi connectivity index (χ0v) is 12.4. The van der Waals surface area contributed by atoms with Gasteiger partial charge in [0.05, 0.1) is 11.6 Å². The number of aromatic nitrogens is 1. The number of carboxylic acid groups (broad SMARTS) is 1. The number of hydrogen-bond donors (Lipinski definition) is 3. The summed E-state index contributed by atoms with van der Waals surface area (Å²) in [5.74, 6) is -1.58. The monoisotopic (exact) mass is 305 g/mol. The van der Waals surface area contributed by atoms with Crippen LogP contribution in [0.25, 0.3) is 0 Å². The number of benzene rings is 1. The Morgan fingerprint density at radius 1 is 1.43 bits per heavy atom. The van der Waals surface area contributed by atoms with Crippen LogP contribution in [0.1, 0.15) is 44.4 Å². The van der Waals surface area contributed by atoms with Crippen molar-refractivity contribution in [3.63, 3.8) is 0 Å². The van der Waals surface area contributed by atoms with Gasteiger partial charge in [0.15, 0.2) is 5.69 Å². The van der Waals surface area contributed by atoms with Crippen LogP contribution in [0.2, 0.25) is 0 Å². The van der Waals surface area contributed by atoms with E-state index in [1.807, 2.05) is 26.0 Å². The molecule has 110 valence electrons. The Labute approximate surface area is 125 Å². The predicted octanol–water partition coefficient (Wildman–Crippen LogP) is 2.42. The van der Waals surface area contributed by atoms with Crippen LogP contribution in [0.5, 0.6) is 0 Å². The van der Waals surface area contributed by atoms with Gasteiger partial charge in [-0.3, -0.25) is 4.79 Å². The van der Waals surface area contributed by atoms with Crippen LogP contribution in [0.4, 0.5) is 5.69 Å². The van der Waals surface area contributed by atoms with Crippen molar-refractivity contribution < 1.29 is 14.7 Å². The molecular weight excluding hydrogens is 290 g/mol. The van der Waals surface area contributed by atoms with Crippen LogP contribution in [0.15, 0.2) is 23.6 Å². The molecular formula is C14H15N3O3S. The van der Waals surface area contributed by atoms with Gasteiger partial charge in [-0.2, -0.15) is 0 Å². The van der Waals surface area contributed by atoms with Gasteiger partial charge in [0, 0.05) is 11.1 Å². The lowest BCUT2D eigenvalue weighted by Gasteiger charge is -2.15. The van der Waals surface area contributed by atoms with E-state index in [1.54, 1.807) is 6.07 Å². The molecule has 1 unspecified atom stereocenters. The number of primary amides is 1. The predicted molar refractivity (Wildman–Crippen MR) is 80.8 cm³/mol. The molecule has 0 aliphatic heterocycles. The number of nitrogens with zero attached hydrogens (tertiary/aromatic N) is 1. The quantitative estimate of drug-likeness (QED) is 0.786. The molecule has 0 spiro atoms. The SMILES string of the molecule is Cc1ccc(C(N)=O)c(NC(C)c2nc(C(=O)O)cs2)c1. The minimum atomic E-state index is -1.06. The van der Waals surface area contributed by atoms with E-state index in [1.165, 1.54) is 16.7 Å². The highest BCUT2D eigenvalue weighted by Gasteiger charge is 2.16. The van der Waals surface area contributed by atoms with Crippen LogP contribution in [0.3, 0.4) is 0 Å². The third-order valence-corrected chi connectivity index (χ3v) is 3.95. The number of rotatable bonds is 5. The van der Waals surface area contributed by atoms with Gasteiger partial charge in [-0.05, 0) is 31.5 Å². The largest absolute Gasteiger partial charge is 0.476 e. The molecule has 1 aromatic carbocycles. The van der Waals surface area contributed by atoms with Crippen LogP contribution in [-0.2, 0) is 0 Å². The molecule has 4 N–H and O–H groups in total. The first-order chi connectivity index (χ1) is 9.88. The molecule has 0 aliphatic carbocycles. The van der Waals surface area contributed by atoms with Crippen molar-refractivity contribution in [1.29, 1.82) is 0 Å². The third-order valence-electron chi connectivity index (χ3n) is 2.92. The van der Waals surface area contributed by atoms with E-state index < -0.39 is 11.9 Å². The molecule has 1 amide bonds. The fraction of sp³-hybridized carbons (Fsp3) is 0.214. The van der Waals surface area contributed by atoms with E-state index in [0.717, 1.165) is 5.56 Å². The van der Waals surface area contributed by atoms with Crippen LogP contribution >= 0.6 is 11.3 Å². The average Bonchev–Trinajstić information content (AvgIpc) is 2.88. The Morgan fingerprint density at radius 3 is 2.71 bits per heavy atom. The summed E-state index contributed by atoms with van der Waals surface area (Å²) >= 11 is 1.25. The highest BCUT2D eigenvalue weighted by Crippen LogP contribution is 2.25. The minimum absolute atomic E-state index is 0.0167. The molecule has 0 radical (unpaired) electrons. The van der Waals surface area contributed by atoms with Crippen LogP contribution in [-0.4, -0.2) is 22.0 Å². The number of nitrogens with two attached hydrogens (primary N) is 1. The molecule has 0 saturated carbocycles. The molecule has 7 heteroatoms. The van der Waals surface area contributed by atoms with Crippen LogP contribution < -0.4 is 11.1 Å². The maximum absolute atomic E-state index is 11.4. The lowest BCUT2D eigenvalue weighted by molar-refractivity contribution is 0.0691. The minimum Gasteiger partial charge on any atom is -0.476 e. The van der Waals surface area contributed by atoms with Gasteiger partial charge in [0.2, 0.25) is 0 Å². The first kappa shape index (κ1) is 15.0. The number of amides is 1. The fourth-order valence-corrected chi connectivity index (χ4v) is 2.67. The van der Waals surface area contributed by atoms with E-state index in [2.05, 4.69) is 10.3 Å². The number of thiazole rings is 1. The first-order valence-electron chi connectivity index (χ1n) is 6.24. The van der Waals surface area contributed by atoms with Gasteiger partial charge in [-0.25, -0.2) is 9.78 Å². The summed E-state index contributed by atoms with van der Waals surface area (Å²) < 4.78 is 0. The molecule has 2 rings (SSSR count). The molecule has 0 fully saturated rings. The number of hydrogen-bond acceptors (Lipinski definition) is 5. The molecule has 2 aromatic rings. The van der Waals surface area contributed by atoms with Gasteiger partial charge in [0.25, 0.3) is 5.91 Å². The van der Waals surface area contributed by atoms with Crippen molar-refractivity contribution >= 4 is 28.9 Å². The summed E-state index contributed by atoms with van der Waals surface area (Å²) in [5.41, 5.74) is 7.36. The highest BCUT2D eigenvalue weighted by atomic mass is 32.1. The number of carboxylic acids is 1. The number of carbonyl (C=O) groups excluding carboxylic acids is 1. The second kappa shape index (κ2) is 5.92. The summed E-state index contributed by atoms with van der Waals surface area (Å²) in [6, 6.07) is 5.06. The lowest BCUT2D eigenvalue weighted by atomic mass is 10.1. The highest BCUT2D eigenvalue weighted by molar-refractivity contribution is 7.09. The van der Waals surface area contributed by atoms with Crippen molar-refractivity contribution in [3.8, 4) is 0 Å². The lowest BCUT2D eigenvalue weighted by Crippen LogP contribution is -2.16. The fourth-order valence-electron chi connectivity index (χ4n) is 1.87. The second-order valence-corrected chi connectivity index (χ2v) is 5.55. The zero-order chi connectivity index (χ0) is 15.6. The standard InChI is InChI=1S/C14H15N3O3S/c1-7-3-4-9(12(15)18)10(5-7)16-8(2)13-17-11(6-21-13)14(19)20/h3-6,8,16H,1-2H3,(H2,15,18)(H,19,20). The Morgan fingerprint density at radius 2 is 2.14 bits per heavy atom. The Hall–Kier alpha value is -2.41. The average molecular weight is 305 g/mol. The molecule has 1 aromatic heterocycles. The summed E-state index contributed by atoms with van der Waals surface area (Å²) in [4.78, 5) is 26.3. The molecule has 6 nitrogen and oxygen atoms in total. The van der Waals surface area contributed by atoms with Crippen molar-refractivity contribution in [1.82, 2.24) is 4.98 Å². The molecule has 1 heterocycles. The van der Waals surface area contributed by atoms with Gasteiger partial charge in [0.1, 0.15) is 5.01 Å². The van der Waals surface area contributed by atoms with E-state index in [4.69, 9.17) is 10.8 Å². The van der Waals surface area contributed by atoms with Crippen molar-refractivity contribution in [3.05, 3.63) is 45.4 Å². The van der Waals surface area contributed by atoms with Crippen molar-refractivity contribution in [2.45, 2.75) is 19.9 Å². The Balaban J connectivity index is 2.26. The van der Waals surface area contributed by atoms with Crippen molar-refractivity contribution in [2.24, 2.45) is 5.73 Å². The number of aromatic carboxylic acids is 1. The van der Waals surface area contributed by atoms with E-state index in [9.17, 15) is 9.59 Å². The van der Waals surface area contributed by atoms with Gasteiger partial charge < -0.3 is 16.2 Å². The molecule has 0 saturated heterocycles. The van der Waals surface area contributed by atoms with E-state index >= 15 is 0 Å². The Bertz CT molecular complexity index is 697. The molecule has 1 atom stereocenters. The summed E-state index contributed by atoms with van der Waals surface area (Å²) in [6.07, 6.45) is 0. The summed E-state index contributed by atoms with van der Waals surface area (Å²) in [5, 5.41) is 14.2. The van der Waals surface area contributed by atoms with Gasteiger partial charge in [-0.15, -0.1) is 11.3 Å². The number of nitrogens with one attached hydrogen (secondary N) is 1. The van der Waals surface area contributed by atoms with Gasteiger partial charge >= 0.3 is 5.97 Å². The first-order valence-corrected chi connectivity index (χ1v) is 7.12. The zero-order valence-electron chi connectivity index (χ0n) is 11.6. The van der Waals surface area contributed by atoms with E-state index in [-0.39, 0.29) is 11.7 Å². The van der Waals surface area contributed by atoms with Gasteiger partial charge in [-0.1, -0.05) is 6.07 Å². The molecule has 0 aliphatic rings. The smallest absolute Gasteiger partial charge is 0.355 e. The van der Waals surface area contributed by atoms with E-state index in [0.29, 0.717) is 16.3 Å².